The Labute approximate surface area is 165 Å². The summed E-state index contributed by atoms with van der Waals surface area (Å²) in [5.74, 6) is 0.438. The normalized spacial score (nSPS) is 11.1. The van der Waals surface area contributed by atoms with Crippen molar-refractivity contribution < 1.29 is 17.9 Å². The molecule has 0 spiro atoms. The maximum Gasteiger partial charge on any atom is 0.240 e. The van der Waals surface area contributed by atoms with Crippen LogP contribution in [-0.4, -0.2) is 40.8 Å². The Morgan fingerprint density at radius 3 is 2.59 bits per heavy atom. The second-order valence-corrected chi connectivity index (χ2v) is 8.36. The molecule has 0 fully saturated rings. The van der Waals surface area contributed by atoms with Crippen molar-refractivity contribution in [2.45, 2.75) is 12.8 Å². The number of para-hydroxylation sites is 1. The van der Waals surface area contributed by atoms with E-state index in [4.69, 9.17) is 16.3 Å². The SMILES string of the molecule is COc1ccccc1CCCNC(=O)CN(c1cccc(Cl)c1)S(C)(=O)=O. The number of nitrogens with zero attached hydrogens (tertiary/aromatic N) is 1. The number of hydrogen-bond donors (Lipinski definition) is 1. The van der Waals surface area contributed by atoms with Gasteiger partial charge in [0.1, 0.15) is 12.3 Å². The summed E-state index contributed by atoms with van der Waals surface area (Å²) in [5.41, 5.74) is 1.42. The van der Waals surface area contributed by atoms with Gasteiger partial charge in [-0.25, -0.2) is 8.42 Å². The van der Waals surface area contributed by atoms with E-state index >= 15 is 0 Å². The van der Waals surface area contributed by atoms with Crippen LogP contribution < -0.4 is 14.4 Å². The van der Waals surface area contributed by atoms with Crippen LogP contribution in [0.1, 0.15) is 12.0 Å². The maximum absolute atomic E-state index is 12.2. The smallest absolute Gasteiger partial charge is 0.240 e. The highest BCUT2D eigenvalue weighted by molar-refractivity contribution is 7.92. The second kappa shape index (κ2) is 9.62. The van der Waals surface area contributed by atoms with Crippen molar-refractivity contribution in [3.63, 3.8) is 0 Å². The number of benzene rings is 2. The topological polar surface area (TPSA) is 75.7 Å². The lowest BCUT2D eigenvalue weighted by Gasteiger charge is -2.22. The molecule has 27 heavy (non-hydrogen) atoms. The summed E-state index contributed by atoms with van der Waals surface area (Å²) in [4.78, 5) is 12.2. The van der Waals surface area contributed by atoms with Crippen LogP contribution in [-0.2, 0) is 21.2 Å². The fourth-order valence-corrected chi connectivity index (χ4v) is 3.67. The molecule has 1 N–H and O–H groups in total. The molecule has 0 aliphatic carbocycles. The molecule has 0 bridgehead atoms. The minimum Gasteiger partial charge on any atom is -0.496 e. The van der Waals surface area contributed by atoms with E-state index in [9.17, 15) is 13.2 Å². The summed E-state index contributed by atoms with van der Waals surface area (Å²) in [6, 6.07) is 14.1. The number of nitrogens with one attached hydrogen (secondary N) is 1. The molecule has 0 aliphatic rings. The molecule has 2 aromatic carbocycles. The number of carbonyl (C=O) groups is 1. The van der Waals surface area contributed by atoms with Crippen LogP contribution in [0.2, 0.25) is 5.02 Å². The predicted octanol–water partition coefficient (Wildman–Crippen LogP) is 2.86. The molecule has 0 atom stereocenters. The van der Waals surface area contributed by atoms with Crippen LogP contribution in [0.15, 0.2) is 48.5 Å². The number of hydrogen-bond acceptors (Lipinski definition) is 4. The van der Waals surface area contributed by atoms with E-state index in [-0.39, 0.29) is 12.5 Å². The molecule has 0 saturated heterocycles. The third-order valence-electron chi connectivity index (χ3n) is 3.92. The monoisotopic (exact) mass is 410 g/mol. The van der Waals surface area contributed by atoms with Crippen molar-refractivity contribution in [3.05, 3.63) is 59.1 Å². The standard InChI is InChI=1S/C19H23ClN2O4S/c1-26-18-11-4-3-7-15(18)8-6-12-21-19(23)14-22(27(2,24)25)17-10-5-9-16(20)13-17/h3-5,7,9-11,13H,6,8,12,14H2,1-2H3,(H,21,23). The predicted molar refractivity (Wildman–Crippen MR) is 108 cm³/mol. The van der Waals surface area contributed by atoms with Crippen LogP contribution >= 0.6 is 11.6 Å². The zero-order valence-corrected chi connectivity index (χ0v) is 16.9. The Morgan fingerprint density at radius 1 is 1.19 bits per heavy atom. The average Bonchev–Trinajstić information content (AvgIpc) is 2.62. The number of rotatable bonds is 9. The van der Waals surface area contributed by atoms with Gasteiger partial charge in [-0.3, -0.25) is 9.10 Å². The fourth-order valence-electron chi connectivity index (χ4n) is 2.63. The van der Waals surface area contributed by atoms with Gasteiger partial charge in [0, 0.05) is 11.6 Å². The summed E-state index contributed by atoms with van der Waals surface area (Å²) < 4.78 is 30.4. The molecular weight excluding hydrogens is 388 g/mol. The molecule has 0 aliphatic heterocycles. The molecule has 6 nitrogen and oxygen atoms in total. The molecular formula is C19H23ClN2O4S. The highest BCUT2D eigenvalue weighted by atomic mass is 35.5. The molecule has 0 radical (unpaired) electrons. The van der Waals surface area contributed by atoms with Gasteiger partial charge in [-0.05, 0) is 42.7 Å². The largest absolute Gasteiger partial charge is 0.496 e. The van der Waals surface area contributed by atoms with Gasteiger partial charge in [0.25, 0.3) is 0 Å². The maximum atomic E-state index is 12.2. The summed E-state index contributed by atoms with van der Waals surface area (Å²) in [7, 11) is -1.99. The van der Waals surface area contributed by atoms with E-state index in [2.05, 4.69) is 5.32 Å². The molecule has 1 amide bonds. The highest BCUT2D eigenvalue weighted by Crippen LogP contribution is 2.21. The van der Waals surface area contributed by atoms with E-state index in [1.54, 1.807) is 25.3 Å². The summed E-state index contributed by atoms with van der Waals surface area (Å²) in [6.45, 7) is 0.137. The Balaban J connectivity index is 1.91. The van der Waals surface area contributed by atoms with Crippen molar-refractivity contribution in [3.8, 4) is 5.75 Å². The summed E-state index contributed by atoms with van der Waals surface area (Å²) in [6.07, 6.45) is 2.51. The Bertz CT molecular complexity index is 887. The average molecular weight is 411 g/mol. The Morgan fingerprint density at radius 2 is 1.93 bits per heavy atom. The first-order chi connectivity index (χ1) is 12.8. The van der Waals surface area contributed by atoms with Gasteiger partial charge >= 0.3 is 0 Å². The minimum atomic E-state index is -3.62. The molecule has 0 unspecified atom stereocenters. The number of sulfonamides is 1. The van der Waals surface area contributed by atoms with Crippen LogP contribution in [0, 0.1) is 0 Å². The van der Waals surface area contributed by atoms with Gasteiger partial charge in [0.2, 0.25) is 15.9 Å². The summed E-state index contributed by atoms with van der Waals surface area (Å²) in [5, 5.41) is 3.16. The summed E-state index contributed by atoms with van der Waals surface area (Å²) >= 11 is 5.93. The number of carbonyl (C=O) groups excluding carboxylic acids is 1. The Hall–Kier alpha value is -2.25. The highest BCUT2D eigenvalue weighted by Gasteiger charge is 2.20. The van der Waals surface area contributed by atoms with E-state index in [0.29, 0.717) is 23.7 Å². The van der Waals surface area contributed by atoms with E-state index in [0.717, 1.165) is 28.3 Å². The number of anilines is 1. The molecule has 2 rings (SSSR count). The lowest BCUT2D eigenvalue weighted by Crippen LogP contribution is -2.40. The van der Waals surface area contributed by atoms with Gasteiger partial charge in [0.05, 0.1) is 19.1 Å². The number of amides is 1. The molecule has 2 aromatic rings. The van der Waals surface area contributed by atoms with Crippen LogP contribution in [0.3, 0.4) is 0 Å². The van der Waals surface area contributed by atoms with Gasteiger partial charge in [-0.1, -0.05) is 35.9 Å². The van der Waals surface area contributed by atoms with Crippen LogP contribution in [0.4, 0.5) is 5.69 Å². The molecule has 0 saturated carbocycles. The zero-order chi connectivity index (χ0) is 19.9. The molecule has 0 heterocycles. The van der Waals surface area contributed by atoms with Gasteiger partial charge < -0.3 is 10.1 Å². The molecule has 8 heteroatoms. The number of aryl methyl sites for hydroxylation is 1. The number of methoxy groups -OCH3 is 1. The van der Waals surface area contributed by atoms with Crippen molar-refractivity contribution in [2.24, 2.45) is 0 Å². The first-order valence-corrected chi connectivity index (χ1v) is 10.7. The van der Waals surface area contributed by atoms with Gasteiger partial charge in [0.15, 0.2) is 0 Å². The van der Waals surface area contributed by atoms with Crippen molar-refractivity contribution in [1.29, 1.82) is 0 Å². The van der Waals surface area contributed by atoms with E-state index < -0.39 is 10.0 Å². The quantitative estimate of drug-likeness (QED) is 0.645. The lowest BCUT2D eigenvalue weighted by atomic mass is 10.1. The second-order valence-electron chi connectivity index (χ2n) is 6.01. The first-order valence-electron chi connectivity index (χ1n) is 8.43. The zero-order valence-electron chi connectivity index (χ0n) is 15.3. The van der Waals surface area contributed by atoms with E-state index in [1.165, 1.54) is 6.07 Å². The lowest BCUT2D eigenvalue weighted by molar-refractivity contribution is -0.119. The minimum absolute atomic E-state index is 0.298. The van der Waals surface area contributed by atoms with Crippen molar-refractivity contribution in [2.75, 3.05) is 30.8 Å². The van der Waals surface area contributed by atoms with Crippen molar-refractivity contribution in [1.82, 2.24) is 5.32 Å². The molecule has 0 aromatic heterocycles. The first kappa shape index (κ1) is 21.1. The van der Waals surface area contributed by atoms with E-state index in [1.807, 2.05) is 24.3 Å². The fraction of sp³-hybridized carbons (Fsp3) is 0.316. The molecule has 146 valence electrons. The Kier molecular flexibility index (Phi) is 7.50. The third-order valence-corrected chi connectivity index (χ3v) is 5.30. The van der Waals surface area contributed by atoms with Gasteiger partial charge in [-0.2, -0.15) is 0 Å². The number of ether oxygens (including phenoxy) is 1. The van der Waals surface area contributed by atoms with Crippen LogP contribution in [0.25, 0.3) is 0 Å². The van der Waals surface area contributed by atoms with Gasteiger partial charge in [-0.15, -0.1) is 0 Å². The number of halogens is 1. The van der Waals surface area contributed by atoms with Crippen molar-refractivity contribution >= 4 is 33.2 Å². The third kappa shape index (κ3) is 6.45. The van der Waals surface area contributed by atoms with Crippen LogP contribution in [0.5, 0.6) is 5.75 Å².